The second kappa shape index (κ2) is 8.00. The Morgan fingerprint density at radius 2 is 1.48 bits per heavy atom. The zero-order valence-corrected chi connectivity index (χ0v) is 15.9. The van der Waals surface area contributed by atoms with Gasteiger partial charge >= 0.3 is 0 Å². The Hall–Kier alpha value is -2.54. The number of amides is 1. The average Bonchev–Trinajstić information content (AvgIpc) is 2.71. The third-order valence-corrected chi connectivity index (χ3v) is 5.31. The standard InChI is InChI=1S/C20H21NO5S/c1-21(12-14-2-4-16-18(10-14)25-8-6-23-16)20(22)13-27-15-3-5-17-19(11-15)26-9-7-24-17/h2-5,10-11H,6-9,12-13H2,1H3. The summed E-state index contributed by atoms with van der Waals surface area (Å²) in [6, 6.07) is 11.6. The predicted molar refractivity (Wildman–Crippen MR) is 102 cm³/mol. The van der Waals surface area contributed by atoms with Gasteiger partial charge in [-0.1, -0.05) is 6.07 Å². The van der Waals surface area contributed by atoms with Crippen molar-refractivity contribution in [1.29, 1.82) is 0 Å². The van der Waals surface area contributed by atoms with E-state index in [1.165, 1.54) is 11.8 Å². The van der Waals surface area contributed by atoms with Crippen molar-refractivity contribution >= 4 is 17.7 Å². The maximum Gasteiger partial charge on any atom is 0.232 e. The largest absolute Gasteiger partial charge is 0.486 e. The van der Waals surface area contributed by atoms with E-state index in [4.69, 9.17) is 18.9 Å². The molecule has 0 radical (unpaired) electrons. The highest BCUT2D eigenvalue weighted by Crippen LogP contribution is 2.34. The van der Waals surface area contributed by atoms with Crippen LogP contribution in [0.4, 0.5) is 0 Å². The molecule has 1 amide bonds. The van der Waals surface area contributed by atoms with Gasteiger partial charge in [0.25, 0.3) is 0 Å². The van der Waals surface area contributed by atoms with Crippen LogP contribution in [0.2, 0.25) is 0 Å². The molecule has 0 fully saturated rings. The van der Waals surface area contributed by atoms with Gasteiger partial charge in [-0.2, -0.15) is 0 Å². The topological polar surface area (TPSA) is 57.2 Å². The quantitative estimate of drug-likeness (QED) is 0.736. The number of hydrogen-bond donors (Lipinski definition) is 0. The number of hydrogen-bond acceptors (Lipinski definition) is 6. The second-order valence-electron chi connectivity index (χ2n) is 6.32. The molecule has 0 spiro atoms. The van der Waals surface area contributed by atoms with Gasteiger partial charge < -0.3 is 23.8 Å². The molecule has 0 atom stereocenters. The Balaban J connectivity index is 1.33. The van der Waals surface area contributed by atoms with E-state index in [2.05, 4.69) is 0 Å². The van der Waals surface area contributed by atoms with Crippen molar-refractivity contribution in [3.63, 3.8) is 0 Å². The molecule has 0 saturated heterocycles. The second-order valence-corrected chi connectivity index (χ2v) is 7.37. The third-order valence-electron chi connectivity index (χ3n) is 4.33. The zero-order chi connectivity index (χ0) is 18.6. The Bertz CT molecular complexity index is 841. The molecule has 0 N–H and O–H groups in total. The number of nitrogens with zero attached hydrogens (tertiary/aromatic N) is 1. The molecule has 4 rings (SSSR count). The van der Waals surface area contributed by atoms with E-state index in [-0.39, 0.29) is 5.91 Å². The van der Waals surface area contributed by atoms with Gasteiger partial charge in [-0.25, -0.2) is 0 Å². The molecule has 0 aromatic heterocycles. The molecule has 7 heteroatoms. The number of rotatable bonds is 5. The lowest BCUT2D eigenvalue weighted by molar-refractivity contribution is -0.127. The van der Waals surface area contributed by atoms with Crippen molar-refractivity contribution in [3.05, 3.63) is 42.0 Å². The first-order chi connectivity index (χ1) is 13.2. The van der Waals surface area contributed by atoms with Gasteiger partial charge in [-0.3, -0.25) is 4.79 Å². The van der Waals surface area contributed by atoms with Crippen LogP contribution in [0.15, 0.2) is 41.3 Å². The van der Waals surface area contributed by atoms with Crippen LogP contribution in [0.1, 0.15) is 5.56 Å². The molecule has 2 aromatic carbocycles. The highest BCUT2D eigenvalue weighted by molar-refractivity contribution is 8.00. The van der Waals surface area contributed by atoms with Gasteiger partial charge in [0.1, 0.15) is 26.4 Å². The van der Waals surface area contributed by atoms with Gasteiger partial charge in [0, 0.05) is 18.5 Å². The molecule has 0 unspecified atom stereocenters. The van der Waals surface area contributed by atoms with Crippen LogP contribution in [0.5, 0.6) is 23.0 Å². The number of thioether (sulfide) groups is 1. The fourth-order valence-corrected chi connectivity index (χ4v) is 3.78. The summed E-state index contributed by atoms with van der Waals surface area (Å²) in [4.78, 5) is 15.2. The molecule has 2 aromatic rings. The molecular weight excluding hydrogens is 366 g/mol. The number of carbonyl (C=O) groups is 1. The predicted octanol–water partition coefficient (Wildman–Crippen LogP) is 2.98. The van der Waals surface area contributed by atoms with E-state index in [9.17, 15) is 4.79 Å². The van der Waals surface area contributed by atoms with Gasteiger partial charge in [-0.15, -0.1) is 11.8 Å². The summed E-state index contributed by atoms with van der Waals surface area (Å²) in [6.07, 6.45) is 0. The fourth-order valence-electron chi connectivity index (χ4n) is 2.92. The summed E-state index contributed by atoms with van der Waals surface area (Å²) in [6.45, 7) is 2.78. The van der Waals surface area contributed by atoms with E-state index < -0.39 is 0 Å². The summed E-state index contributed by atoms with van der Waals surface area (Å²) in [5, 5.41) is 0. The maximum atomic E-state index is 12.5. The minimum atomic E-state index is 0.0600. The molecule has 142 valence electrons. The van der Waals surface area contributed by atoms with Crippen molar-refractivity contribution in [2.45, 2.75) is 11.4 Å². The molecule has 0 saturated carbocycles. The van der Waals surface area contributed by atoms with E-state index >= 15 is 0 Å². The first kappa shape index (κ1) is 17.9. The molecule has 27 heavy (non-hydrogen) atoms. The van der Waals surface area contributed by atoms with Crippen LogP contribution in [0.25, 0.3) is 0 Å². The van der Waals surface area contributed by atoms with Gasteiger partial charge in [0.2, 0.25) is 5.91 Å². The normalized spacial score (nSPS) is 14.6. The van der Waals surface area contributed by atoms with Crippen LogP contribution in [0.3, 0.4) is 0 Å². The van der Waals surface area contributed by atoms with Gasteiger partial charge in [0.05, 0.1) is 5.75 Å². The lowest BCUT2D eigenvalue weighted by Crippen LogP contribution is -2.27. The third kappa shape index (κ3) is 4.24. The number of ether oxygens (including phenoxy) is 4. The minimum Gasteiger partial charge on any atom is -0.486 e. The van der Waals surface area contributed by atoms with E-state index in [0.29, 0.717) is 38.7 Å². The van der Waals surface area contributed by atoms with Crippen LogP contribution in [0, 0.1) is 0 Å². The zero-order valence-electron chi connectivity index (χ0n) is 15.1. The number of fused-ring (bicyclic) bond motifs is 2. The summed E-state index contributed by atoms with van der Waals surface area (Å²) >= 11 is 1.49. The monoisotopic (exact) mass is 387 g/mol. The number of carbonyl (C=O) groups excluding carboxylic acids is 1. The molecular formula is C20H21NO5S. The van der Waals surface area contributed by atoms with Crippen molar-refractivity contribution in [1.82, 2.24) is 4.90 Å². The summed E-state index contributed by atoms with van der Waals surface area (Å²) in [5.41, 5.74) is 1.01. The highest BCUT2D eigenvalue weighted by Gasteiger charge is 2.16. The van der Waals surface area contributed by atoms with Crippen LogP contribution in [-0.4, -0.2) is 50.0 Å². The van der Waals surface area contributed by atoms with E-state index in [1.54, 1.807) is 4.90 Å². The highest BCUT2D eigenvalue weighted by atomic mass is 32.2. The van der Waals surface area contributed by atoms with Crippen molar-refractivity contribution < 1.29 is 23.7 Å². The molecule has 6 nitrogen and oxygen atoms in total. The molecule has 2 aliphatic rings. The Morgan fingerprint density at radius 3 is 2.19 bits per heavy atom. The van der Waals surface area contributed by atoms with Crippen molar-refractivity contribution in [3.8, 4) is 23.0 Å². The SMILES string of the molecule is CN(Cc1ccc2c(c1)OCCO2)C(=O)CSc1ccc2c(c1)OCCO2. The Labute approximate surface area is 162 Å². The van der Waals surface area contributed by atoms with Crippen LogP contribution < -0.4 is 18.9 Å². The molecule has 0 aliphatic carbocycles. The average molecular weight is 387 g/mol. The first-order valence-electron chi connectivity index (χ1n) is 8.84. The molecule has 2 heterocycles. The molecule has 0 bridgehead atoms. The summed E-state index contributed by atoms with van der Waals surface area (Å²) in [5.74, 6) is 3.42. The van der Waals surface area contributed by atoms with Gasteiger partial charge in [0.15, 0.2) is 23.0 Å². The number of benzene rings is 2. The maximum absolute atomic E-state index is 12.5. The Morgan fingerprint density at radius 1 is 0.889 bits per heavy atom. The van der Waals surface area contributed by atoms with Crippen molar-refractivity contribution in [2.75, 3.05) is 39.2 Å². The lowest BCUT2D eigenvalue weighted by atomic mass is 10.2. The Kier molecular flexibility index (Phi) is 5.29. The lowest BCUT2D eigenvalue weighted by Gasteiger charge is -2.21. The minimum absolute atomic E-state index is 0.0600. The van der Waals surface area contributed by atoms with E-state index in [1.807, 2.05) is 43.4 Å². The summed E-state index contributed by atoms with van der Waals surface area (Å²) < 4.78 is 22.2. The van der Waals surface area contributed by atoms with Gasteiger partial charge in [-0.05, 0) is 35.9 Å². The molecule has 2 aliphatic heterocycles. The van der Waals surface area contributed by atoms with Crippen molar-refractivity contribution in [2.24, 2.45) is 0 Å². The van der Waals surface area contributed by atoms with Crippen LogP contribution >= 0.6 is 11.8 Å². The van der Waals surface area contributed by atoms with Crippen LogP contribution in [-0.2, 0) is 11.3 Å². The van der Waals surface area contributed by atoms with E-state index in [0.717, 1.165) is 33.5 Å². The first-order valence-corrected chi connectivity index (χ1v) is 9.82. The smallest absolute Gasteiger partial charge is 0.232 e. The fraction of sp³-hybridized carbons (Fsp3) is 0.350. The summed E-state index contributed by atoms with van der Waals surface area (Å²) in [7, 11) is 1.81.